The molecule has 5 rings (SSSR count). The van der Waals surface area contributed by atoms with Gasteiger partial charge in [0.25, 0.3) is 5.91 Å². The minimum absolute atomic E-state index is 0.0306. The lowest BCUT2D eigenvalue weighted by Gasteiger charge is -2.30. The van der Waals surface area contributed by atoms with Crippen LogP contribution >= 0.6 is 0 Å². The van der Waals surface area contributed by atoms with E-state index in [9.17, 15) is 14.4 Å². The Morgan fingerprint density at radius 2 is 1.76 bits per heavy atom. The maximum absolute atomic E-state index is 13.2. The van der Waals surface area contributed by atoms with E-state index in [-0.39, 0.29) is 36.7 Å². The number of carbonyl (C=O) groups excluding carboxylic acids is 2. The predicted molar refractivity (Wildman–Crippen MR) is 138 cm³/mol. The molecule has 2 unspecified atom stereocenters. The minimum atomic E-state index is -0.985. The molecule has 2 aliphatic carbocycles. The molecular weight excluding hydrogens is 472 g/mol. The van der Waals surface area contributed by atoms with E-state index in [1.54, 1.807) is 12.5 Å². The van der Waals surface area contributed by atoms with E-state index >= 15 is 0 Å². The molecule has 0 radical (unpaired) electrons. The van der Waals surface area contributed by atoms with Gasteiger partial charge in [0, 0.05) is 30.1 Å². The molecule has 37 heavy (non-hydrogen) atoms. The fourth-order valence-electron chi connectivity index (χ4n) is 5.79. The number of nitrogens with zero attached hydrogens (tertiary/aromatic N) is 2. The normalized spacial score (nSPS) is 20.5. The second-order valence-electron chi connectivity index (χ2n) is 10.3. The van der Waals surface area contributed by atoms with Gasteiger partial charge in [-0.05, 0) is 62.8 Å². The first-order valence-electron chi connectivity index (χ1n) is 13.3. The zero-order chi connectivity index (χ0) is 25.8. The fraction of sp³-hybridized carbons (Fsp3) is 0.500. The number of fused-ring (bicyclic) bond motifs is 1. The number of nitrogens with one attached hydrogen (secondary N) is 2. The average molecular weight is 507 g/mol. The monoisotopic (exact) mass is 506 g/mol. The first kappa shape index (κ1) is 25.0. The highest BCUT2D eigenvalue weighted by Gasteiger charge is 2.26. The number of rotatable bonds is 8. The van der Waals surface area contributed by atoms with Crippen LogP contribution in [0.5, 0.6) is 0 Å². The lowest BCUT2D eigenvalue weighted by atomic mass is 9.90. The van der Waals surface area contributed by atoms with Crippen molar-refractivity contribution in [3.05, 3.63) is 42.4 Å². The number of hydrogen-bond donors (Lipinski definition) is 3. The van der Waals surface area contributed by atoms with Crippen LogP contribution in [0.4, 0.5) is 0 Å². The summed E-state index contributed by atoms with van der Waals surface area (Å²) >= 11 is 0. The molecular formula is C28H34N4O5. The maximum atomic E-state index is 13.2. The fourth-order valence-corrected chi connectivity index (χ4v) is 5.79. The van der Waals surface area contributed by atoms with Crippen molar-refractivity contribution in [3.8, 4) is 11.4 Å². The van der Waals surface area contributed by atoms with E-state index in [0.717, 1.165) is 54.5 Å². The average Bonchev–Trinajstić information content (AvgIpc) is 3.56. The summed E-state index contributed by atoms with van der Waals surface area (Å²) in [6.07, 6.45) is 12.3. The Morgan fingerprint density at radius 3 is 2.49 bits per heavy atom. The van der Waals surface area contributed by atoms with Crippen LogP contribution in [0.25, 0.3) is 22.4 Å². The van der Waals surface area contributed by atoms with E-state index in [1.165, 1.54) is 19.3 Å². The summed E-state index contributed by atoms with van der Waals surface area (Å²) in [6, 6.07) is 7.92. The van der Waals surface area contributed by atoms with Gasteiger partial charge in [0.15, 0.2) is 0 Å². The van der Waals surface area contributed by atoms with Gasteiger partial charge < -0.3 is 24.7 Å². The second-order valence-corrected chi connectivity index (χ2v) is 10.3. The third-order valence-electron chi connectivity index (χ3n) is 7.61. The van der Waals surface area contributed by atoms with E-state index in [0.29, 0.717) is 18.0 Å². The Balaban J connectivity index is 1.30. The lowest BCUT2D eigenvalue weighted by Crippen LogP contribution is -2.45. The molecule has 9 heteroatoms. The highest BCUT2D eigenvalue weighted by molar-refractivity contribution is 5.98. The Kier molecular flexibility index (Phi) is 7.58. The van der Waals surface area contributed by atoms with Gasteiger partial charge in [0.05, 0.1) is 29.3 Å². The van der Waals surface area contributed by atoms with Gasteiger partial charge in [-0.2, -0.15) is 0 Å². The third-order valence-corrected chi connectivity index (χ3v) is 7.61. The van der Waals surface area contributed by atoms with Crippen molar-refractivity contribution in [1.29, 1.82) is 0 Å². The molecule has 3 N–H and O–H groups in total. The number of benzene rings is 1. The van der Waals surface area contributed by atoms with Gasteiger partial charge >= 0.3 is 5.97 Å². The molecule has 2 aromatic heterocycles. The molecule has 2 atom stereocenters. The second kappa shape index (κ2) is 11.2. The van der Waals surface area contributed by atoms with Crippen LogP contribution in [0.15, 0.2) is 41.2 Å². The van der Waals surface area contributed by atoms with Crippen molar-refractivity contribution in [2.75, 3.05) is 0 Å². The molecule has 2 amide bonds. The van der Waals surface area contributed by atoms with Gasteiger partial charge in [-0.25, -0.2) is 4.98 Å². The van der Waals surface area contributed by atoms with Crippen LogP contribution in [0.2, 0.25) is 0 Å². The minimum Gasteiger partial charge on any atom is -0.481 e. The summed E-state index contributed by atoms with van der Waals surface area (Å²) in [5, 5.41) is 14.8. The Labute approximate surface area is 215 Å². The molecule has 3 aromatic rings. The molecule has 0 spiro atoms. The summed E-state index contributed by atoms with van der Waals surface area (Å²) in [4.78, 5) is 40.9. The number of imidazole rings is 1. The van der Waals surface area contributed by atoms with Crippen LogP contribution < -0.4 is 10.6 Å². The zero-order valence-corrected chi connectivity index (χ0v) is 20.9. The van der Waals surface area contributed by atoms with Crippen LogP contribution in [-0.2, 0) is 9.59 Å². The topological polar surface area (TPSA) is 126 Å². The first-order valence-corrected chi connectivity index (χ1v) is 13.3. The summed E-state index contributed by atoms with van der Waals surface area (Å²) in [5.74, 6) is -0.517. The Bertz CT molecular complexity index is 1260. The molecule has 0 saturated heterocycles. The molecule has 2 fully saturated rings. The zero-order valence-electron chi connectivity index (χ0n) is 20.9. The first-order chi connectivity index (χ1) is 18.0. The van der Waals surface area contributed by atoms with Crippen molar-refractivity contribution < 1.29 is 23.9 Å². The van der Waals surface area contributed by atoms with Gasteiger partial charge in [-0.1, -0.05) is 19.3 Å². The predicted octanol–water partition coefficient (Wildman–Crippen LogP) is 4.82. The van der Waals surface area contributed by atoms with Gasteiger partial charge in [-0.15, -0.1) is 0 Å². The molecule has 196 valence electrons. The molecule has 2 saturated carbocycles. The maximum Gasteiger partial charge on any atom is 0.303 e. The van der Waals surface area contributed by atoms with E-state index in [2.05, 4.69) is 15.2 Å². The molecule has 9 nitrogen and oxygen atoms in total. The van der Waals surface area contributed by atoms with Crippen molar-refractivity contribution in [3.63, 3.8) is 0 Å². The number of hydrogen-bond acceptors (Lipinski definition) is 5. The number of amides is 2. The molecule has 1 aromatic carbocycles. The highest BCUT2D eigenvalue weighted by atomic mass is 16.4. The summed E-state index contributed by atoms with van der Waals surface area (Å²) in [6.45, 7) is 0. The van der Waals surface area contributed by atoms with Crippen LogP contribution in [0.1, 0.15) is 87.0 Å². The van der Waals surface area contributed by atoms with Gasteiger partial charge in [0.2, 0.25) is 5.91 Å². The van der Waals surface area contributed by atoms with E-state index in [1.807, 2.05) is 24.3 Å². The van der Waals surface area contributed by atoms with Crippen molar-refractivity contribution in [2.24, 2.45) is 0 Å². The molecule has 2 heterocycles. The lowest BCUT2D eigenvalue weighted by molar-refractivity contribution is -0.139. The number of carbonyl (C=O) groups is 3. The largest absolute Gasteiger partial charge is 0.481 e. The SMILES string of the molecule is O=C(O)CCC(=O)NC1CCCC(NC(=O)c2ccc3c(c2)nc(-c2ccoc2)n3C2CCCCC2)C1. The van der Waals surface area contributed by atoms with Crippen LogP contribution in [-0.4, -0.2) is 44.5 Å². The van der Waals surface area contributed by atoms with Gasteiger partial charge in [-0.3, -0.25) is 14.4 Å². The van der Waals surface area contributed by atoms with Crippen LogP contribution in [0.3, 0.4) is 0 Å². The Hall–Kier alpha value is -3.62. The Morgan fingerprint density at radius 1 is 0.973 bits per heavy atom. The molecule has 0 bridgehead atoms. The quantitative estimate of drug-likeness (QED) is 0.402. The third kappa shape index (κ3) is 5.87. The van der Waals surface area contributed by atoms with Crippen LogP contribution in [0, 0.1) is 0 Å². The van der Waals surface area contributed by atoms with Crippen molar-refractivity contribution in [2.45, 2.75) is 88.8 Å². The number of carboxylic acid groups (broad SMARTS) is 1. The van der Waals surface area contributed by atoms with Gasteiger partial charge in [0.1, 0.15) is 12.1 Å². The van der Waals surface area contributed by atoms with Crippen molar-refractivity contribution in [1.82, 2.24) is 20.2 Å². The summed E-state index contributed by atoms with van der Waals surface area (Å²) in [7, 11) is 0. The summed E-state index contributed by atoms with van der Waals surface area (Å²) in [5.41, 5.74) is 3.32. The summed E-state index contributed by atoms with van der Waals surface area (Å²) < 4.78 is 7.66. The number of aromatic nitrogens is 2. The number of aliphatic carboxylic acids is 1. The van der Waals surface area contributed by atoms with E-state index < -0.39 is 5.97 Å². The molecule has 0 aliphatic heterocycles. The standard InChI is InChI=1S/C28H34N4O5/c33-25(11-12-26(34)35)29-20-5-4-6-21(16-20)30-28(36)18-9-10-24-23(15-18)31-27(19-13-14-37-17-19)32(24)22-7-2-1-3-8-22/h9-10,13-15,17,20-22H,1-8,11-12,16H2,(H,29,33)(H,30,36)(H,34,35). The smallest absolute Gasteiger partial charge is 0.303 e. The molecule has 2 aliphatic rings. The number of furan rings is 1. The van der Waals surface area contributed by atoms with E-state index in [4.69, 9.17) is 14.5 Å². The number of carboxylic acids is 1. The van der Waals surface area contributed by atoms with Crippen molar-refractivity contribution >= 4 is 28.8 Å². The highest BCUT2D eigenvalue weighted by Crippen LogP contribution is 2.36.